The second-order valence-corrected chi connectivity index (χ2v) is 5.59. The van der Waals surface area contributed by atoms with Crippen molar-refractivity contribution in [3.63, 3.8) is 0 Å². The van der Waals surface area contributed by atoms with Gasteiger partial charge in [-0.15, -0.1) is 0 Å². The Balaban J connectivity index is 2.06. The summed E-state index contributed by atoms with van der Waals surface area (Å²) < 4.78 is 5.11. The highest BCUT2D eigenvalue weighted by molar-refractivity contribution is 6.00. The first kappa shape index (κ1) is 15.7. The van der Waals surface area contributed by atoms with Gasteiger partial charge in [-0.1, -0.05) is 6.92 Å². The van der Waals surface area contributed by atoms with Crippen LogP contribution in [0.3, 0.4) is 0 Å². The zero-order valence-electron chi connectivity index (χ0n) is 13.0. The van der Waals surface area contributed by atoms with Crippen molar-refractivity contribution in [3.05, 3.63) is 29.8 Å². The smallest absolute Gasteiger partial charge is 0.179 e. The lowest BCUT2D eigenvalue weighted by molar-refractivity contribution is -0.126. The molecule has 1 heterocycles. The Morgan fingerprint density at radius 1 is 1.38 bits per heavy atom. The molecule has 1 aliphatic rings. The first-order valence-corrected chi connectivity index (χ1v) is 7.51. The molecule has 2 unspecified atom stereocenters. The third-order valence-electron chi connectivity index (χ3n) is 4.35. The molecule has 4 nitrogen and oxygen atoms in total. The fourth-order valence-corrected chi connectivity index (χ4v) is 2.80. The second-order valence-electron chi connectivity index (χ2n) is 5.59. The van der Waals surface area contributed by atoms with Gasteiger partial charge in [-0.3, -0.25) is 14.5 Å². The number of likely N-dealkylation sites (tertiary alicyclic amines) is 1. The Kier molecular flexibility index (Phi) is 5.12. The van der Waals surface area contributed by atoms with Gasteiger partial charge in [-0.25, -0.2) is 0 Å². The Labute approximate surface area is 126 Å². The van der Waals surface area contributed by atoms with Gasteiger partial charge in [0.05, 0.1) is 13.2 Å². The van der Waals surface area contributed by atoms with Crippen LogP contribution in [0.2, 0.25) is 0 Å². The van der Waals surface area contributed by atoms with Gasteiger partial charge >= 0.3 is 0 Å². The van der Waals surface area contributed by atoms with E-state index >= 15 is 0 Å². The molecule has 21 heavy (non-hydrogen) atoms. The number of benzene rings is 1. The highest BCUT2D eigenvalue weighted by Gasteiger charge is 2.31. The molecule has 4 heteroatoms. The normalized spacial score (nSPS) is 21.1. The monoisotopic (exact) mass is 289 g/mol. The van der Waals surface area contributed by atoms with Crippen molar-refractivity contribution in [2.45, 2.75) is 32.7 Å². The van der Waals surface area contributed by atoms with E-state index in [9.17, 15) is 9.59 Å². The standard InChI is InChI=1S/C17H23NO3/c1-4-13-11-18(10-9-16(13)19)12(2)17(20)14-5-7-15(21-3)8-6-14/h5-8,12-13H,4,9-11H2,1-3H3. The minimum atomic E-state index is -0.194. The quantitative estimate of drug-likeness (QED) is 0.782. The maximum Gasteiger partial charge on any atom is 0.179 e. The Hall–Kier alpha value is -1.68. The fraction of sp³-hybridized carbons (Fsp3) is 0.529. The lowest BCUT2D eigenvalue weighted by Crippen LogP contribution is -2.48. The molecule has 1 aromatic rings. The number of rotatable bonds is 5. The van der Waals surface area contributed by atoms with E-state index in [1.807, 2.05) is 13.8 Å². The van der Waals surface area contributed by atoms with Crippen LogP contribution in [0, 0.1) is 5.92 Å². The molecular weight excluding hydrogens is 266 g/mol. The van der Waals surface area contributed by atoms with Gasteiger partial charge in [0, 0.05) is 31.0 Å². The summed E-state index contributed by atoms with van der Waals surface area (Å²) in [6, 6.07) is 7.00. The molecule has 1 aromatic carbocycles. The SMILES string of the molecule is CCC1CN(C(C)C(=O)c2ccc(OC)cc2)CCC1=O. The van der Waals surface area contributed by atoms with Crippen molar-refractivity contribution in [2.75, 3.05) is 20.2 Å². The minimum absolute atomic E-state index is 0.0740. The number of Topliss-reactive ketones (excluding diaryl/α,β-unsaturated/α-hetero) is 2. The number of piperidine rings is 1. The average Bonchev–Trinajstić information content (AvgIpc) is 2.54. The predicted octanol–water partition coefficient (Wildman–Crippen LogP) is 2.57. The van der Waals surface area contributed by atoms with Gasteiger partial charge in [0.15, 0.2) is 5.78 Å². The van der Waals surface area contributed by atoms with Crippen LogP contribution in [0.5, 0.6) is 5.75 Å². The second kappa shape index (κ2) is 6.85. The predicted molar refractivity (Wildman–Crippen MR) is 81.8 cm³/mol. The first-order chi connectivity index (χ1) is 10.1. The molecular formula is C17H23NO3. The van der Waals surface area contributed by atoms with Crippen molar-refractivity contribution < 1.29 is 14.3 Å². The number of nitrogens with zero attached hydrogens (tertiary/aromatic N) is 1. The van der Waals surface area contributed by atoms with Gasteiger partial charge in [0.2, 0.25) is 0 Å². The van der Waals surface area contributed by atoms with Crippen LogP contribution < -0.4 is 4.74 Å². The van der Waals surface area contributed by atoms with Crippen LogP contribution in [-0.4, -0.2) is 42.7 Å². The summed E-state index contributed by atoms with van der Waals surface area (Å²) in [5, 5.41) is 0. The number of carbonyl (C=O) groups excluding carboxylic acids is 2. The highest BCUT2D eigenvalue weighted by atomic mass is 16.5. The molecule has 2 rings (SSSR count). The average molecular weight is 289 g/mol. The summed E-state index contributed by atoms with van der Waals surface area (Å²) in [6.45, 7) is 5.33. The van der Waals surface area contributed by atoms with Crippen molar-refractivity contribution in [3.8, 4) is 5.75 Å². The molecule has 0 aromatic heterocycles. The molecule has 1 saturated heterocycles. The Morgan fingerprint density at radius 2 is 2.05 bits per heavy atom. The molecule has 1 aliphatic heterocycles. The third kappa shape index (κ3) is 3.50. The van der Waals surface area contributed by atoms with E-state index in [0.29, 0.717) is 30.9 Å². The Bertz CT molecular complexity index is 509. The van der Waals surface area contributed by atoms with Crippen molar-refractivity contribution in [1.29, 1.82) is 0 Å². The number of hydrogen-bond donors (Lipinski definition) is 0. The maximum absolute atomic E-state index is 12.6. The van der Waals surface area contributed by atoms with Crippen LogP contribution in [0.4, 0.5) is 0 Å². The lowest BCUT2D eigenvalue weighted by Gasteiger charge is -2.35. The van der Waals surface area contributed by atoms with E-state index in [0.717, 1.165) is 12.2 Å². The van der Waals surface area contributed by atoms with E-state index < -0.39 is 0 Å². The van der Waals surface area contributed by atoms with Crippen LogP contribution >= 0.6 is 0 Å². The van der Waals surface area contributed by atoms with Gasteiger partial charge in [-0.2, -0.15) is 0 Å². The van der Waals surface area contributed by atoms with E-state index in [1.54, 1.807) is 31.4 Å². The summed E-state index contributed by atoms with van der Waals surface area (Å²) >= 11 is 0. The third-order valence-corrected chi connectivity index (χ3v) is 4.35. The van der Waals surface area contributed by atoms with Crippen molar-refractivity contribution >= 4 is 11.6 Å². The molecule has 1 fully saturated rings. The molecule has 0 spiro atoms. The molecule has 2 atom stereocenters. The number of ketones is 2. The van der Waals surface area contributed by atoms with Gasteiger partial charge in [0.1, 0.15) is 11.5 Å². The number of carbonyl (C=O) groups is 2. The van der Waals surface area contributed by atoms with E-state index in [1.165, 1.54) is 0 Å². The van der Waals surface area contributed by atoms with Crippen LogP contribution in [0.1, 0.15) is 37.0 Å². The molecule has 114 valence electrons. The minimum Gasteiger partial charge on any atom is -0.497 e. The molecule has 0 saturated carbocycles. The topological polar surface area (TPSA) is 46.6 Å². The summed E-state index contributed by atoms with van der Waals surface area (Å²) in [5.74, 6) is 1.25. The molecule has 0 bridgehead atoms. The van der Waals surface area contributed by atoms with Crippen LogP contribution in [-0.2, 0) is 4.79 Å². The lowest BCUT2D eigenvalue weighted by atomic mass is 9.92. The number of ether oxygens (including phenoxy) is 1. The fourth-order valence-electron chi connectivity index (χ4n) is 2.80. The molecule has 0 amide bonds. The van der Waals surface area contributed by atoms with E-state index in [2.05, 4.69) is 4.90 Å². The summed E-state index contributed by atoms with van der Waals surface area (Å²) in [4.78, 5) is 26.5. The van der Waals surface area contributed by atoms with Gasteiger partial charge < -0.3 is 4.74 Å². The maximum atomic E-state index is 12.6. The largest absolute Gasteiger partial charge is 0.497 e. The number of methoxy groups -OCH3 is 1. The van der Waals surface area contributed by atoms with E-state index in [-0.39, 0.29) is 17.7 Å². The van der Waals surface area contributed by atoms with Gasteiger partial charge in [-0.05, 0) is 37.6 Å². The van der Waals surface area contributed by atoms with Crippen molar-refractivity contribution in [1.82, 2.24) is 4.90 Å². The zero-order valence-corrected chi connectivity index (χ0v) is 13.0. The highest BCUT2D eigenvalue weighted by Crippen LogP contribution is 2.21. The first-order valence-electron chi connectivity index (χ1n) is 7.51. The zero-order chi connectivity index (χ0) is 15.4. The van der Waals surface area contributed by atoms with Gasteiger partial charge in [0.25, 0.3) is 0 Å². The Morgan fingerprint density at radius 3 is 2.62 bits per heavy atom. The summed E-state index contributed by atoms with van der Waals surface area (Å²) in [5.41, 5.74) is 0.688. The summed E-state index contributed by atoms with van der Waals surface area (Å²) in [6.07, 6.45) is 1.40. The number of hydrogen-bond acceptors (Lipinski definition) is 4. The molecule has 0 aliphatic carbocycles. The van der Waals surface area contributed by atoms with Crippen LogP contribution in [0.25, 0.3) is 0 Å². The summed E-state index contributed by atoms with van der Waals surface area (Å²) in [7, 11) is 1.61. The molecule has 0 radical (unpaired) electrons. The van der Waals surface area contributed by atoms with Crippen LogP contribution in [0.15, 0.2) is 24.3 Å². The van der Waals surface area contributed by atoms with E-state index in [4.69, 9.17) is 4.74 Å². The molecule has 0 N–H and O–H groups in total. The van der Waals surface area contributed by atoms with Crippen molar-refractivity contribution in [2.24, 2.45) is 5.92 Å².